The number of hydrogen-bond acceptors (Lipinski definition) is 7. The second-order valence-electron chi connectivity index (χ2n) is 17.0. The summed E-state index contributed by atoms with van der Waals surface area (Å²) < 4.78 is 74.5. The number of halogens is 5. The number of hydrogen-bond donors (Lipinski definition) is 2. The van der Waals surface area contributed by atoms with Crippen LogP contribution in [0.2, 0.25) is 0 Å². The van der Waals surface area contributed by atoms with E-state index in [-0.39, 0.29) is 51.7 Å². The van der Waals surface area contributed by atoms with E-state index >= 15 is 13.2 Å². The van der Waals surface area contributed by atoms with Crippen molar-refractivity contribution in [2.24, 2.45) is 5.41 Å². The number of piperidine rings is 1. The second-order valence-corrected chi connectivity index (χ2v) is 17.0. The largest absolute Gasteiger partial charge is 0.346 e. The maximum atomic E-state index is 16.3. The van der Waals surface area contributed by atoms with Crippen LogP contribution < -0.4 is 15.5 Å². The molecule has 4 aromatic rings. The van der Waals surface area contributed by atoms with E-state index in [1.165, 1.54) is 32.6 Å². The highest BCUT2D eigenvalue weighted by atomic mass is 19.3. The molecular weight excluding hydrogens is 719 g/mol. The highest BCUT2D eigenvalue weighted by Gasteiger charge is 2.57. The monoisotopic (exact) mass is 764 g/mol. The summed E-state index contributed by atoms with van der Waals surface area (Å²) in [7, 11) is 0. The van der Waals surface area contributed by atoms with E-state index in [4.69, 9.17) is 4.98 Å². The van der Waals surface area contributed by atoms with Crippen molar-refractivity contribution in [3.63, 3.8) is 0 Å². The van der Waals surface area contributed by atoms with Gasteiger partial charge in [0.1, 0.15) is 5.52 Å². The van der Waals surface area contributed by atoms with Gasteiger partial charge in [0.2, 0.25) is 11.9 Å². The summed E-state index contributed by atoms with van der Waals surface area (Å²) in [5, 5.41) is 4.82. The van der Waals surface area contributed by atoms with Crippen LogP contribution in [0.5, 0.6) is 0 Å². The van der Waals surface area contributed by atoms with E-state index in [2.05, 4.69) is 27.1 Å². The SMILES string of the molecule is Cc1c(C(=O)NCC(F)F)cc(Nc2nc(-c3cc4c(nc3F)C(C)(C)C(=O)N4[C@H]3C[C@@](C)(N4CCCC5(CC5)C4)C3)cc3ncn(C(C)C)c23)c(F)c1F. The number of benzene rings is 1. The second kappa shape index (κ2) is 13.0. The Balaban J connectivity index is 1.18. The van der Waals surface area contributed by atoms with Crippen molar-refractivity contribution in [1.82, 2.24) is 29.7 Å². The Bertz CT molecular complexity index is 2240. The van der Waals surface area contributed by atoms with Crippen LogP contribution in [0.25, 0.3) is 22.3 Å². The molecule has 2 amide bonds. The summed E-state index contributed by atoms with van der Waals surface area (Å²) >= 11 is 0. The van der Waals surface area contributed by atoms with Gasteiger partial charge < -0.3 is 20.1 Å². The number of amides is 2. The molecule has 2 saturated carbocycles. The van der Waals surface area contributed by atoms with E-state index in [0.29, 0.717) is 27.8 Å². The number of alkyl halides is 2. The number of pyridine rings is 2. The van der Waals surface area contributed by atoms with Crippen molar-refractivity contribution in [3.8, 4) is 11.3 Å². The molecule has 0 atom stereocenters. The van der Waals surface area contributed by atoms with E-state index in [1.54, 1.807) is 41.8 Å². The van der Waals surface area contributed by atoms with Gasteiger partial charge in [-0.3, -0.25) is 14.5 Å². The molecule has 2 aliphatic carbocycles. The molecule has 55 heavy (non-hydrogen) atoms. The molecule has 1 spiro atoms. The van der Waals surface area contributed by atoms with Gasteiger partial charge in [-0.2, -0.15) is 4.39 Å². The van der Waals surface area contributed by atoms with Crippen LogP contribution in [-0.4, -0.2) is 73.9 Å². The first-order chi connectivity index (χ1) is 25.9. The summed E-state index contributed by atoms with van der Waals surface area (Å²) in [6.45, 7) is 11.9. The molecule has 2 N–H and O–H groups in total. The van der Waals surface area contributed by atoms with Crippen molar-refractivity contribution >= 4 is 40.0 Å². The zero-order valence-corrected chi connectivity index (χ0v) is 31.8. The van der Waals surface area contributed by atoms with Gasteiger partial charge in [0.05, 0.1) is 52.1 Å². The Morgan fingerprint density at radius 1 is 1.02 bits per heavy atom. The maximum Gasteiger partial charge on any atom is 0.255 e. The number of fused-ring (bicyclic) bond motifs is 2. The molecule has 0 unspecified atom stereocenters. The number of nitrogens with zero attached hydrogens (tertiary/aromatic N) is 6. The molecule has 5 heterocycles. The third-order valence-electron chi connectivity index (χ3n) is 12.4. The van der Waals surface area contributed by atoms with Gasteiger partial charge in [0.25, 0.3) is 12.3 Å². The molecule has 2 aliphatic heterocycles. The molecule has 1 aromatic carbocycles. The minimum Gasteiger partial charge on any atom is -0.346 e. The third-order valence-corrected chi connectivity index (χ3v) is 12.4. The van der Waals surface area contributed by atoms with Crippen LogP contribution in [-0.2, 0) is 10.2 Å². The molecule has 0 bridgehead atoms. The summed E-state index contributed by atoms with van der Waals surface area (Å²) in [6, 6.07) is 3.92. The van der Waals surface area contributed by atoms with Crippen molar-refractivity contribution in [2.45, 2.75) is 110 Å². The Morgan fingerprint density at radius 3 is 2.42 bits per heavy atom. The van der Waals surface area contributed by atoms with E-state index in [9.17, 15) is 18.4 Å². The molecule has 15 heteroatoms. The van der Waals surface area contributed by atoms with Crippen LogP contribution in [0.4, 0.5) is 39.1 Å². The number of carbonyl (C=O) groups is 2. The number of nitrogens with one attached hydrogen (secondary N) is 2. The van der Waals surface area contributed by atoms with E-state index < -0.39 is 47.6 Å². The molecule has 4 aliphatic rings. The fraction of sp³-hybridized carbons (Fsp3) is 0.525. The van der Waals surface area contributed by atoms with Gasteiger partial charge in [0.15, 0.2) is 17.5 Å². The summed E-state index contributed by atoms with van der Waals surface area (Å²) in [5.74, 6) is -4.74. The zero-order chi connectivity index (χ0) is 39.4. The standard InChI is InChI=1S/C40H45F5N8O2/c1-20(2)52-19-47-27-14-25(48-35(32(27)52)49-26-12-23(21(3)30(43)31(26)44)36(54)46-17-29(41)42)24-13-28-33(50-34(24)45)38(4,5)37(55)53(28)22-15-39(6,16-22)51-11-7-8-40(18-51)9-10-40/h12-14,19-20,22,29H,7-11,15-18H2,1-6H3,(H,46,54)(H,48,49)/t22-,39+. The summed E-state index contributed by atoms with van der Waals surface area (Å²) in [5.41, 5.74) is -0.244. The molecule has 10 nitrogen and oxygen atoms in total. The normalized spacial score (nSPS) is 22.8. The Morgan fingerprint density at radius 2 is 1.75 bits per heavy atom. The fourth-order valence-electron chi connectivity index (χ4n) is 8.94. The summed E-state index contributed by atoms with van der Waals surface area (Å²) in [4.78, 5) is 44.8. The van der Waals surface area contributed by atoms with Crippen molar-refractivity contribution < 1.29 is 31.5 Å². The number of carbonyl (C=O) groups excluding carboxylic acids is 2. The first kappa shape index (κ1) is 37.3. The molecule has 3 fully saturated rings. The quantitative estimate of drug-likeness (QED) is 0.132. The third kappa shape index (κ3) is 6.13. The molecular formula is C40H45F5N8O2. The minimum atomic E-state index is -2.85. The number of anilines is 3. The molecule has 292 valence electrons. The van der Waals surface area contributed by atoms with Gasteiger partial charge in [-0.15, -0.1) is 0 Å². The molecule has 8 rings (SSSR count). The van der Waals surface area contributed by atoms with Crippen molar-refractivity contribution in [3.05, 3.63) is 58.9 Å². The summed E-state index contributed by atoms with van der Waals surface area (Å²) in [6.07, 6.45) is 5.28. The average molecular weight is 765 g/mol. The Hall–Kier alpha value is -4.66. The predicted octanol–water partition coefficient (Wildman–Crippen LogP) is 7.96. The lowest BCUT2D eigenvalue weighted by Crippen LogP contribution is -2.64. The number of likely N-dealkylation sites (tertiary alicyclic amines) is 1. The van der Waals surface area contributed by atoms with E-state index in [1.807, 2.05) is 19.2 Å². The topological polar surface area (TPSA) is 108 Å². The van der Waals surface area contributed by atoms with Crippen molar-refractivity contribution in [2.75, 3.05) is 29.9 Å². The van der Waals surface area contributed by atoms with Gasteiger partial charge in [0, 0.05) is 35.3 Å². The number of rotatable bonds is 9. The Labute approximate surface area is 315 Å². The van der Waals surface area contributed by atoms with Crippen LogP contribution in [0.15, 0.2) is 24.5 Å². The average Bonchev–Trinajstić information content (AvgIpc) is 3.65. The molecule has 1 saturated heterocycles. The lowest BCUT2D eigenvalue weighted by Gasteiger charge is -2.56. The van der Waals surface area contributed by atoms with Crippen LogP contribution in [0.3, 0.4) is 0 Å². The van der Waals surface area contributed by atoms with Gasteiger partial charge >= 0.3 is 0 Å². The highest BCUT2D eigenvalue weighted by molar-refractivity contribution is 6.08. The molecule has 0 radical (unpaired) electrons. The van der Waals surface area contributed by atoms with Crippen LogP contribution in [0.1, 0.15) is 101 Å². The lowest BCUT2D eigenvalue weighted by molar-refractivity contribution is -0.124. The van der Waals surface area contributed by atoms with Crippen LogP contribution >= 0.6 is 0 Å². The maximum absolute atomic E-state index is 16.3. The van der Waals surface area contributed by atoms with Crippen molar-refractivity contribution in [1.29, 1.82) is 0 Å². The van der Waals surface area contributed by atoms with E-state index in [0.717, 1.165) is 32.0 Å². The predicted molar refractivity (Wildman–Crippen MR) is 198 cm³/mol. The number of imidazole rings is 1. The highest BCUT2D eigenvalue weighted by Crippen LogP contribution is 2.56. The minimum absolute atomic E-state index is 0.0188. The van der Waals surface area contributed by atoms with Gasteiger partial charge in [-0.25, -0.2) is 32.5 Å². The smallest absolute Gasteiger partial charge is 0.255 e. The number of aromatic nitrogens is 4. The zero-order valence-electron chi connectivity index (χ0n) is 31.8. The lowest BCUT2D eigenvalue weighted by atomic mass is 9.70. The van der Waals surface area contributed by atoms with Gasteiger partial charge in [-0.1, -0.05) is 0 Å². The van der Waals surface area contributed by atoms with Gasteiger partial charge in [-0.05, 0) is 110 Å². The molecule has 3 aromatic heterocycles. The Kier molecular flexibility index (Phi) is 8.78. The first-order valence-corrected chi connectivity index (χ1v) is 18.9. The first-order valence-electron chi connectivity index (χ1n) is 18.9. The fourth-order valence-corrected chi connectivity index (χ4v) is 8.94. The van der Waals surface area contributed by atoms with Crippen LogP contribution in [0, 0.1) is 29.9 Å².